The molecule has 8 atom stereocenters. The molecule has 1 aliphatic rings. The minimum absolute atomic E-state index is 0.255. The first-order valence-corrected chi connectivity index (χ1v) is 25.0. The van der Waals surface area contributed by atoms with Gasteiger partial charge in [-0.15, -0.1) is 0 Å². The molecule has 1 amide bonds. The van der Waals surface area contributed by atoms with E-state index in [4.69, 9.17) is 9.47 Å². The number of aliphatic hydroxyl groups is 5. The highest BCUT2D eigenvalue weighted by atomic mass is 32.3. The molecule has 0 aliphatic carbocycles. The van der Waals surface area contributed by atoms with Gasteiger partial charge in [-0.25, -0.2) is 4.18 Å². The molecule has 0 aromatic rings. The molecule has 350 valence electrons. The quantitative estimate of drug-likeness (QED) is 0.0177. The number of carbonyl (C=O) groups is 1. The topological polar surface area (TPSA) is 212 Å². The van der Waals surface area contributed by atoms with Gasteiger partial charge < -0.3 is 40.3 Å². The van der Waals surface area contributed by atoms with Crippen LogP contribution in [0.1, 0.15) is 206 Å². The van der Waals surface area contributed by atoms with Crippen LogP contribution in [0.4, 0.5) is 0 Å². The molecule has 59 heavy (non-hydrogen) atoms. The van der Waals surface area contributed by atoms with Crippen LogP contribution >= 0.6 is 0 Å². The highest BCUT2D eigenvalue weighted by molar-refractivity contribution is 7.80. The molecule has 0 bridgehead atoms. The number of ether oxygens (including phenoxy) is 2. The van der Waals surface area contributed by atoms with Gasteiger partial charge in [-0.3, -0.25) is 9.35 Å². The zero-order valence-corrected chi connectivity index (χ0v) is 37.8. The highest BCUT2D eigenvalue weighted by Crippen LogP contribution is 2.26. The van der Waals surface area contributed by atoms with Gasteiger partial charge in [0.1, 0.15) is 30.5 Å². The Balaban J connectivity index is 2.53. The Bertz CT molecular complexity index is 1130. The van der Waals surface area contributed by atoms with Crippen LogP contribution in [0, 0.1) is 0 Å². The zero-order chi connectivity index (χ0) is 43.6. The van der Waals surface area contributed by atoms with Crippen molar-refractivity contribution in [2.45, 2.75) is 255 Å². The average molecular weight is 866 g/mol. The molecule has 0 radical (unpaired) electrons. The fraction of sp³-hybridized carbons (Fsp3) is 0.933. The van der Waals surface area contributed by atoms with Gasteiger partial charge in [0, 0.05) is 0 Å². The predicted molar refractivity (Wildman–Crippen MR) is 233 cm³/mol. The summed E-state index contributed by atoms with van der Waals surface area (Å²) in [5, 5.41) is 55.3. The number of carbonyl (C=O) groups excluding carboxylic acids is 1. The number of hydrogen-bond donors (Lipinski definition) is 7. The lowest BCUT2D eigenvalue weighted by Crippen LogP contribution is -2.61. The lowest BCUT2D eigenvalue weighted by atomic mass is 9.99. The van der Waals surface area contributed by atoms with Gasteiger partial charge in [0.25, 0.3) is 0 Å². The maximum atomic E-state index is 13.1. The Morgan fingerprint density at radius 3 is 1.53 bits per heavy atom. The standard InChI is InChI=1S/C45H87NO12S/c1-3-5-7-9-11-13-15-17-18-19-20-21-22-24-26-28-30-32-34-39(49)44(52)46-37(38(48)33-31-29-27-25-23-16-14-12-10-8-6-4-2)36-56-45-42(51)43(58-59(53,54)55)41(50)40(35-47)57-45/h19-20,37-43,45,47-51H,3-18,21-36H2,1-2H3,(H,46,52)(H,53,54,55)/b20-19-. The van der Waals surface area contributed by atoms with E-state index in [0.29, 0.717) is 19.3 Å². The summed E-state index contributed by atoms with van der Waals surface area (Å²) in [4.78, 5) is 13.1. The summed E-state index contributed by atoms with van der Waals surface area (Å²) in [6.07, 6.45) is 26.8. The molecule has 0 spiro atoms. The smallest absolute Gasteiger partial charge is 0.394 e. The van der Waals surface area contributed by atoms with Crippen LogP contribution < -0.4 is 5.32 Å². The van der Waals surface area contributed by atoms with Crippen molar-refractivity contribution >= 4 is 16.3 Å². The van der Waals surface area contributed by atoms with Gasteiger partial charge in [0.05, 0.1) is 25.4 Å². The normalized spacial score (nSPS) is 21.5. The van der Waals surface area contributed by atoms with Crippen molar-refractivity contribution in [2.24, 2.45) is 0 Å². The number of allylic oxidation sites excluding steroid dienone is 2. The molecule has 1 aliphatic heterocycles. The second-order valence-electron chi connectivity index (χ2n) is 16.8. The largest absolute Gasteiger partial charge is 0.397 e. The molecule has 7 N–H and O–H groups in total. The number of hydrogen-bond acceptors (Lipinski definition) is 11. The minimum Gasteiger partial charge on any atom is -0.394 e. The van der Waals surface area contributed by atoms with E-state index in [2.05, 4.69) is 35.5 Å². The van der Waals surface area contributed by atoms with Crippen molar-refractivity contribution in [1.29, 1.82) is 0 Å². The van der Waals surface area contributed by atoms with Gasteiger partial charge in [-0.1, -0.05) is 180 Å². The molecular weight excluding hydrogens is 779 g/mol. The maximum Gasteiger partial charge on any atom is 0.397 e. The molecule has 8 unspecified atom stereocenters. The van der Waals surface area contributed by atoms with Crippen LogP contribution in [0.5, 0.6) is 0 Å². The number of nitrogens with one attached hydrogen (secondary N) is 1. The Labute approximate surface area is 358 Å². The summed E-state index contributed by atoms with van der Waals surface area (Å²) in [6.45, 7) is 3.27. The van der Waals surface area contributed by atoms with E-state index in [-0.39, 0.29) is 6.42 Å². The first-order chi connectivity index (χ1) is 28.4. The minimum atomic E-state index is -5.11. The van der Waals surface area contributed by atoms with Crippen molar-refractivity contribution in [3.8, 4) is 0 Å². The molecule has 1 heterocycles. The van der Waals surface area contributed by atoms with Crippen molar-refractivity contribution < 1.29 is 57.0 Å². The van der Waals surface area contributed by atoms with Crippen LogP contribution in [0.25, 0.3) is 0 Å². The van der Waals surface area contributed by atoms with E-state index in [0.717, 1.165) is 57.8 Å². The van der Waals surface area contributed by atoms with E-state index in [1.54, 1.807) is 0 Å². The van der Waals surface area contributed by atoms with Crippen molar-refractivity contribution in [3.05, 3.63) is 12.2 Å². The fourth-order valence-electron chi connectivity index (χ4n) is 7.64. The van der Waals surface area contributed by atoms with Crippen molar-refractivity contribution in [2.75, 3.05) is 13.2 Å². The Kier molecular flexibility index (Phi) is 34.3. The fourth-order valence-corrected chi connectivity index (χ4v) is 8.15. The summed E-state index contributed by atoms with van der Waals surface area (Å²) < 4.78 is 47.5. The van der Waals surface area contributed by atoms with Crippen molar-refractivity contribution in [1.82, 2.24) is 5.32 Å². The third-order valence-corrected chi connectivity index (χ3v) is 11.9. The molecular formula is C45H87NO12S. The Morgan fingerprint density at radius 1 is 0.661 bits per heavy atom. The molecule has 1 rings (SSSR count). The molecule has 0 saturated carbocycles. The second-order valence-corrected chi connectivity index (χ2v) is 17.9. The first-order valence-electron chi connectivity index (χ1n) is 23.7. The SMILES string of the molecule is CCCCCCCCCC/C=C\CCCCCCCCC(O)C(=O)NC(COC1OC(CO)C(O)C(OS(=O)(=O)O)C1O)C(O)CCCCCCCCCCCCCC. The molecule has 0 aromatic heterocycles. The molecule has 14 heteroatoms. The average Bonchev–Trinajstić information content (AvgIpc) is 3.20. The summed E-state index contributed by atoms with van der Waals surface area (Å²) in [6, 6.07) is -1.03. The van der Waals surface area contributed by atoms with E-state index in [9.17, 15) is 43.3 Å². The second kappa shape index (κ2) is 36.3. The zero-order valence-electron chi connectivity index (χ0n) is 36.9. The van der Waals surface area contributed by atoms with Crippen LogP contribution in [0.3, 0.4) is 0 Å². The van der Waals surface area contributed by atoms with Gasteiger partial charge in [0.15, 0.2) is 6.29 Å². The van der Waals surface area contributed by atoms with Crippen molar-refractivity contribution in [3.63, 3.8) is 0 Å². The predicted octanol–water partition coefficient (Wildman–Crippen LogP) is 8.14. The Hall–Kier alpha value is -1.20. The van der Waals surface area contributed by atoms with E-state index < -0.39 is 78.5 Å². The van der Waals surface area contributed by atoms with E-state index in [1.807, 2.05) is 0 Å². The Morgan fingerprint density at radius 2 is 1.08 bits per heavy atom. The van der Waals surface area contributed by atoms with E-state index in [1.165, 1.54) is 109 Å². The summed E-state index contributed by atoms with van der Waals surface area (Å²) in [5.74, 6) is -0.674. The molecule has 1 fully saturated rings. The third kappa shape index (κ3) is 28.9. The summed E-state index contributed by atoms with van der Waals surface area (Å²) >= 11 is 0. The van der Waals surface area contributed by atoms with E-state index >= 15 is 0 Å². The number of amides is 1. The van der Waals surface area contributed by atoms with Gasteiger partial charge >= 0.3 is 10.4 Å². The van der Waals surface area contributed by atoms with Gasteiger partial charge in [0.2, 0.25) is 5.91 Å². The number of unbranched alkanes of at least 4 members (excludes halogenated alkanes) is 25. The highest BCUT2D eigenvalue weighted by Gasteiger charge is 2.48. The number of rotatable bonds is 40. The maximum absolute atomic E-state index is 13.1. The summed E-state index contributed by atoms with van der Waals surface area (Å²) in [5.41, 5.74) is 0. The van der Waals surface area contributed by atoms with Crippen LogP contribution in [0.2, 0.25) is 0 Å². The lowest BCUT2D eigenvalue weighted by Gasteiger charge is -2.41. The molecule has 1 saturated heterocycles. The molecule has 13 nitrogen and oxygen atoms in total. The third-order valence-electron chi connectivity index (χ3n) is 11.4. The first kappa shape index (κ1) is 55.8. The monoisotopic (exact) mass is 866 g/mol. The summed E-state index contributed by atoms with van der Waals surface area (Å²) in [7, 11) is -5.11. The van der Waals surface area contributed by atoms with Gasteiger partial charge in [-0.2, -0.15) is 8.42 Å². The number of aliphatic hydroxyl groups excluding tert-OH is 5. The van der Waals surface area contributed by atoms with Crippen LogP contribution in [-0.4, -0.2) is 107 Å². The molecule has 0 aromatic carbocycles. The van der Waals surface area contributed by atoms with Crippen LogP contribution in [0.15, 0.2) is 12.2 Å². The van der Waals surface area contributed by atoms with Crippen LogP contribution in [-0.2, 0) is 28.9 Å². The van der Waals surface area contributed by atoms with Gasteiger partial charge in [-0.05, 0) is 38.5 Å². The lowest BCUT2D eigenvalue weighted by molar-refractivity contribution is -0.298.